The van der Waals surface area contributed by atoms with Crippen LogP contribution in [0.4, 0.5) is 0 Å². The molecule has 2 nitrogen and oxygen atoms in total. The second kappa shape index (κ2) is 2.31. The minimum absolute atomic E-state index is 0.193. The summed E-state index contributed by atoms with van der Waals surface area (Å²) in [6.45, 7) is 3.96. The van der Waals surface area contributed by atoms with E-state index in [1.807, 2.05) is 13.8 Å². The van der Waals surface area contributed by atoms with Crippen molar-refractivity contribution in [3.63, 3.8) is 0 Å². The predicted molar refractivity (Wildman–Crippen MR) is 43.3 cm³/mol. The molecule has 0 aromatic carbocycles. The van der Waals surface area contributed by atoms with Gasteiger partial charge in [0, 0.05) is 12.0 Å². The van der Waals surface area contributed by atoms with E-state index in [1.54, 1.807) is 0 Å². The number of carbonyl (C=O) groups is 1. The van der Waals surface area contributed by atoms with Crippen LogP contribution in [0.15, 0.2) is 0 Å². The average Bonchev–Trinajstić information content (AvgIpc) is 2.57. The molecule has 1 N–H and O–H groups in total. The lowest BCUT2D eigenvalue weighted by atomic mass is 9.99. The summed E-state index contributed by atoms with van der Waals surface area (Å²) in [4.78, 5) is 11.4. The Bertz CT molecular complexity index is 178. The number of hydrogen-bond acceptors (Lipinski definition) is 2. The lowest BCUT2D eigenvalue weighted by Crippen LogP contribution is -2.36. The van der Waals surface area contributed by atoms with Gasteiger partial charge < -0.3 is 5.32 Å². The van der Waals surface area contributed by atoms with Gasteiger partial charge in [-0.2, -0.15) is 0 Å². The lowest BCUT2D eigenvalue weighted by molar-refractivity contribution is -0.123. The first-order valence-electron chi connectivity index (χ1n) is 4.48. The third kappa shape index (κ3) is 1.20. The first-order chi connectivity index (χ1) is 5.18. The van der Waals surface area contributed by atoms with Gasteiger partial charge in [0.05, 0.1) is 6.04 Å². The summed E-state index contributed by atoms with van der Waals surface area (Å²) < 4.78 is 0. The van der Waals surface area contributed by atoms with Crippen LogP contribution in [-0.4, -0.2) is 17.9 Å². The van der Waals surface area contributed by atoms with E-state index >= 15 is 0 Å². The molecule has 0 bridgehead atoms. The largest absolute Gasteiger partial charge is 0.304 e. The molecule has 2 heteroatoms. The summed E-state index contributed by atoms with van der Waals surface area (Å²) in [5.74, 6) is 1.44. The average molecular weight is 153 g/mol. The van der Waals surface area contributed by atoms with Gasteiger partial charge in [0.2, 0.25) is 0 Å². The maximum Gasteiger partial charge on any atom is 0.152 e. The second-order valence-corrected chi connectivity index (χ2v) is 4.11. The zero-order chi connectivity index (χ0) is 8.01. The summed E-state index contributed by atoms with van der Waals surface area (Å²) >= 11 is 0. The summed E-state index contributed by atoms with van der Waals surface area (Å²) in [6, 6.07) is 0.890. The highest BCUT2D eigenvalue weighted by molar-refractivity contribution is 5.86. The number of carbonyl (C=O) groups excluding carboxylic acids is 1. The van der Waals surface area contributed by atoms with Gasteiger partial charge in [0.25, 0.3) is 0 Å². The van der Waals surface area contributed by atoms with Crippen molar-refractivity contribution in [3.05, 3.63) is 0 Å². The van der Waals surface area contributed by atoms with E-state index in [2.05, 4.69) is 5.32 Å². The summed E-state index contributed by atoms with van der Waals surface area (Å²) in [6.07, 6.45) is 2.41. The fourth-order valence-corrected chi connectivity index (χ4v) is 1.94. The molecule has 2 fully saturated rings. The van der Waals surface area contributed by atoms with Gasteiger partial charge >= 0.3 is 0 Å². The third-order valence-corrected chi connectivity index (χ3v) is 2.79. The molecule has 1 aliphatic carbocycles. The van der Waals surface area contributed by atoms with Gasteiger partial charge in [-0.25, -0.2) is 0 Å². The number of nitrogens with one attached hydrogen (secondary N) is 1. The fraction of sp³-hybridized carbons (Fsp3) is 0.889. The standard InChI is InChI=1S/C9H15NO/c1-5(2)9(11)8-4-6-3-7(6)10-8/h5-8,10H,3-4H2,1-2H3/t6-,7-,8-/m0/s1. The Morgan fingerprint density at radius 2 is 2.18 bits per heavy atom. The number of fused-ring (bicyclic) bond motifs is 1. The molecule has 0 radical (unpaired) electrons. The van der Waals surface area contributed by atoms with Crippen molar-refractivity contribution in [2.75, 3.05) is 0 Å². The van der Waals surface area contributed by atoms with Gasteiger partial charge in [-0.1, -0.05) is 13.8 Å². The Kier molecular flexibility index (Phi) is 1.53. The van der Waals surface area contributed by atoms with E-state index in [-0.39, 0.29) is 12.0 Å². The summed E-state index contributed by atoms with van der Waals surface area (Å²) in [5, 5.41) is 3.36. The first-order valence-corrected chi connectivity index (χ1v) is 4.48. The highest BCUT2D eigenvalue weighted by Crippen LogP contribution is 2.41. The van der Waals surface area contributed by atoms with E-state index in [4.69, 9.17) is 0 Å². The zero-order valence-corrected chi connectivity index (χ0v) is 7.13. The van der Waals surface area contributed by atoms with Gasteiger partial charge in [-0.15, -0.1) is 0 Å². The molecule has 11 heavy (non-hydrogen) atoms. The quantitative estimate of drug-likeness (QED) is 0.640. The zero-order valence-electron chi connectivity index (χ0n) is 7.13. The van der Waals surface area contributed by atoms with Crippen LogP contribution in [0.25, 0.3) is 0 Å². The Balaban J connectivity index is 1.92. The van der Waals surface area contributed by atoms with Crippen molar-refractivity contribution in [2.24, 2.45) is 11.8 Å². The molecule has 1 saturated heterocycles. The minimum Gasteiger partial charge on any atom is -0.304 e. The van der Waals surface area contributed by atoms with Gasteiger partial charge in [0.1, 0.15) is 0 Å². The Hall–Kier alpha value is -0.370. The molecule has 0 amide bonds. The molecular weight excluding hydrogens is 138 g/mol. The van der Waals surface area contributed by atoms with Crippen LogP contribution in [-0.2, 0) is 4.79 Å². The monoisotopic (exact) mass is 153 g/mol. The van der Waals surface area contributed by atoms with Crippen molar-refractivity contribution >= 4 is 5.78 Å². The highest BCUT2D eigenvalue weighted by Gasteiger charge is 2.47. The second-order valence-electron chi connectivity index (χ2n) is 4.11. The molecule has 1 aliphatic heterocycles. The molecule has 1 saturated carbocycles. The van der Waals surface area contributed by atoms with E-state index in [0.717, 1.165) is 12.3 Å². The van der Waals surface area contributed by atoms with Crippen LogP contribution in [0.3, 0.4) is 0 Å². The van der Waals surface area contributed by atoms with Crippen LogP contribution in [0.2, 0.25) is 0 Å². The molecule has 3 atom stereocenters. The fourth-order valence-electron chi connectivity index (χ4n) is 1.94. The maximum atomic E-state index is 11.4. The lowest BCUT2D eigenvalue weighted by Gasteiger charge is -2.13. The maximum absolute atomic E-state index is 11.4. The van der Waals surface area contributed by atoms with Crippen molar-refractivity contribution in [2.45, 2.75) is 38.8 Å². The smallest absolute Gasteiger partial charge is 0.152 e. The molecule has 0 aromatic rings. The van der Waals surface area contributed by atoms with Crippen LogP contribution < -0.4 is 5.32 Å². The topological polar surface area (TPSA) is 29.1 Å². The molecule has 2 aliphatic rings. The Labute approximate surface area is 67.4 Å². The van der Waals surface area contributed by atoms with Crippen LogP contribution in [0, 0.1) is 11.8 Å². The number of Topliss-reactive ketones (excluding diaryl/α,β-unsaturated/α-hetero) is 1. The summed E-state index contributed by atoms with van der Waals surface area (Å²) in [7, 11) is 0. The van der Waals surface area contributed by atoms with Crippen molar-refractivity contribution in [1.29, 1.82) is 0 Å². The van der Waals surface area contributed by atoms with Gasteiger partial charge in [0.15, 0.2) is 5.78 Å². The van der Waals surface area contributed by atoms with E-state index in [9.17, 15) is 4.79 Å². The Morgan fingerprint density at radius 1 is 1.45 bits per heavy atom. The molecule has 62 valence electrons. The number of hydrogen-bond donors (Lipinski definition) is 1. The third-order valence-electron chi connectivity index (χ3n) is 2.79. The van der Waals surface area contributed by atoms with E-state index in [1.165, 1.54) is 6.42 Å². The van der Waals surface area contributed by atoms with E-state index in [0.29, 0.717) is 11.8 Å². The molecule has 0 unspecified atom stereocenters. The van der Waals surface area contributed by atoms with Gasteiger partial charge in [-0.3, -0.25) is 4.79 Å². The number of piperidine rings is 1. The molecule has 0 spiro atoms. The number of ketones is 1. The first kappa shape index (κ1) is 7.29. The normalized spacial score (nSPS) is 40.8. The SMILES string of the molecule is CC(C)C(=O)[C@@H]1C[C@@H]2C[C@@H]2N1. The van der Waals surface area contributed by atoms with Crippen LogP contribution in [0.5, 0.6) is 0 Å². The molecule has 1 heterocycles. The Morgan fingerprint density at radius 3 is 2.64 bits per heavy atom. The van der Waals surface area contributed by atoms with Crippen molar-refractivity contribution < 1.29 is 4.79 Å². The molecule has 0 aromatic heterocycles. The minimum atomic E-state index is 0.193. The summed E-state index contributed by atoms with van der Waals surface area (Å²) in [5.41, 5.74) is 0. The van der Waals surface area contributed by atoms with Crippen LogP contribution in [0.1, 0.15) is 26.7 Å². The van der Waals surface area contributed by atoms with Crippen molar-refractivity contribution in [1.82, 2.24) is 5.32 Å². The molecule has 2 rings (SSSR count). The highest BCUT2D eigenvalue weighted by atomic mass is 16.1. The predicted octanol–water partition coefficient (Wildman–Crippen LogP) is 0.962. The molecular formula is C9H15NO. The van der Waals surface area contributed by atoms with Crippen molar-refractivity contribution in [3.8, 4) is 0 Å². The van der Waals surface area contributed by atoms with E-state index < -0.39 is 0 Å². The number of rotatable bonds is 2. The van der Waals surface area contributed by atoms with Gasteiger partial charge in [-0.05, 0) is 18.8 Å². The van der Waals surface area contributed by atoms with Crippen LogP contribution >= 0.6 is 0 Å².